The Hall–Kier alpha value is -1.37. The third-order valence-corrected chi connectivity index (χ3v) is 3.19. The molecule has 0 radical (unpaired) electrons. The summed E-state index contributed by atoms with van der Waals surface area (Å²) < 4.78 is 0. The van der Waals surface area contributed by atoms with E-state index in [1.54, 1.807) is 0 Å². The Labute approximate surface area is 90.8 Å². The summed E-state index contributed by atoms with van der Waals surface area (Å²) in [6.07, 6.45) is 3.50. The van der Waals surface area contributed by atoms with Crippen LogP contribution in [0.2, 0.25) is 0 Å². The highest BCUT2D eigenvalue weighted by Crippen LogP contribution is 2.34. The van der Waals surface area contributed by atoms with Gasteiger partial charge in [0.05, 0.1) is 0 Å². The molecule has 1 aromatic carbocycles. The Balaban J connectivity index is 2.44. The Kier molecular flexibility index (Phi) is 2.72. The van der Waals surface area contributed by atoms with Gasteiger partial charge < -0.3 is 0 Å². The van der Waals surface area contributed by atoms with Crippen molar-refractivity contribution < 1.29 is 4.79 Å². The molecule has 1 heteroatoms. The Bertz CT molecular complexity index is 392. The van der Waals surface area contributed by atoms with Crippen molar-refractivity contribution in [2.24, 2.45) is 5.92 Å². The van der Waals surface area contributed by atoms with Crippen LogP contribution in [0.3, 0.4) is 0 Å². The van der Waals surface area contributed by atoms with Crippen LogP contribution in [0.5, 0.6) is 0 Å². The van der Waals surface area contributed by atoms with Crippen molar-refractivity contribution in [3.63, 3.8) is 0 Å². The van der Waals surface area contributed by atoms with Crippen LogP contribution in [0.4, 0.5) is 0 Å². The molecule has 1 aromatic rings. The van der Waals surface area contributed by atoms with Crippen LogP contribution < -0.4 is 0 Å². The molecule has 1 aliphatic rings. The lowest BCUT2D eigenvalue weighted by atomic mass is 9.75. The monoisotopic (exact) mass is 200 g/mol. The Morgan fingerprint density at radius 1 is 1.47 bits per heavy atom. The number of hydrogen-bond acceptors (Lipinski definition) is 1. The summed E-state index contributed by atoms with van der Waals surface area (Å²) in [4.78, 5) is 12.0. The Morgan fingerprint density at radius 2 is 2.20 bits per heavy atom. The fourth-order valence-electron chi connectivity index (χ4n) is 2.40. The molecule has 2 unspecified atom stereocenters. The molecule has 0 aliphatic heterocycles. The first-order chi connectivity index (χ1) is 7.24. The van der Waals surface area contributed by atoms with Gasteiger partial charge in [-0.1, -0.05) is 37.3 Å². The largest absolute Gasteiger partial charge is 0.299 e. The molecular formula is C14H16O. The van der Waals surface area contributed by atoms with E-state index in [-0.39, 0.29) is 11.8 Å². The van der Waals surface area contributed by atoms with Crippen molar-refractivity contribution >= 4 is 5.78 Å². The standard InChI is InChI=1S/C14H16O/c1-3-6-13-12-8-5-4-7-11(12)9-10(2)14(13)15/h3-5,7-8,10,13H,1,6,9H2,2H3. The van der Waals surface area contributed by atoms with Gasteiger partial charge in [-0.15, -0.1) is 6.58 Å². The predicted octanol–water partition coefficient (Wildman–Crippen LogP) is 3.11. The van der Waals surface area contributed by atoms with Crippen LogP contribution in [0.15, 0.2) is 36.9 Å². The van der Waals surface area contributed by atoms with Crippen molar-refractivity contribution in [2.45, 2.75) is 25.7 Å². The number of rotatable bonds is 2. The lowest BCUT2D eigenvalue weighted by Gasteiger charge is -2.27. The van der Waals surface area contributed by atoms with Crippen LogP contribution in [0.1, 0.15) is 30.4 Å². The molecule has 0 saturated carbocycles. The zero-order valence-corrected chi connectivity index (χ0v) is 9.07. The maximum absolute atomic E-state index is 12.0. The fraction of sp³-hybridized carbons (Fsp3) is 0.357. The van der Waals surface area contributed by atoms with Gasteiger partial charge in [0.15, 0.2) is 0 Å². The number of allylic oxidation sites excluding steroid dienone is 1. The van der Waals surface area contributed by atoms with Gasteiger partial charge in [0.1, 0.15) is 5.78 Å². The van der Waals surface area contributed by atoms with Crippen LogP contribution in [0, 0.1) is 5.92 Å². The summed E-state index contributed by atoms with van der Waals surface area (Å²) in [5.41, 5.74) is 2.54. The summed E-state index contributed by atoms with van der Waals surface area (Å²) in [6.45, 7) is 5.76. The zero-order chi connectivity index (χ0) is 10.8. The lowest BCUT2D eigenvalue weighted by Crippen LogP contribution is -2.27. The number of fused-ring (bicyclic) bond motifs is 1. The van der Waals surface area contributed by atoms with E-state index in [9.17, 15) is 4.79 Å². The normalized spacial score (nSPS) is 24.7. The number of carbonyl (C=O) groups excluding carboxylic acids is 1. The van der Waals surface area contributed by atoms with Crippen molar-refractivity contribution in [1.82, 2.24) is 0 Å². The van der Waals surface area contributed by atoms with E-state index in [0.29, 0.717) is 5.78 Å². The molecule has 0 bridgehead atoms. The topological polar surface area (TPSA) is 17.1 Å². The molecule has 0 amide bonds. The molecule has 0 aromatic heterocycles. The highest BCUT2D eigenvalue weighted by molar-refractivity contribution is 5.90. The highest BCUT2D eigenvalue weighted by Gasteiger charge is 2.31. The van der Waals surface area contributed by atoms with Gasteiger partial charge in [-0.2, -0.15) is 0 Å². The molecule has 0 N–H and O–H groups in total. The van der Waals surface area contributed by atoms with E-state index in [1.165, 1.54) is 11.1 Å². The quantitative estimate of drug-likeness (QED) is 0.670. The second-order valence-corrected chi connectivity index (χ2v) is 4.28. The minimum absolute atomic E-state index is 0.0439. The smallest absolute Gasteiger partial charge is 0.143 e. The molecular weight excluding hydrogens is 184 g/mol. The first kappa shape index (κ1) is 10.2. The maximum atomic E-state index is 12.0. The van der Waals surface area contributed by atoms with Gasteiger partial charge in [-0.25, -0.2) is 0 Å². The van der Waals surface area contributed by atoms with Gasteiger partial charge in [-0.3, -0.25) is 4.79 Å². The van der Waals surface area contributed by atoms with E-state index >= 15 is 0 Å². The average Bonchev–Trinajstić information content (AvgIpc) is 2.25. The maximum Gasteiger partial charge on any atom is 0.143 e. The number of benzene rings is 1. The van der Waals surface area contributed by atoms with Crippen LogP contribution in [0.25, 0.3) is 0 Å². The van der Waals surface area contributed by atoms with Gasteiger partial charge in [-0.05, 0) is 24.0 Å². The second kappa shape index (κ2) is 4.01. The molecule has 0 heterocycles. The summed E-state index contributed by atoms with van der Waals surface area (Å²) in [6, 6.07) is 8.27. The summed E-state index contributed by atoms with van der Waals surface area (Å²) in [5, 5.41) is 0. The molecule has 2 atom stereocenters. The summed E-state index contributed by atoms with van der Waals surface area (Å²) in [5.74, 6) is 0.570. The molecule has 1 aliphatic carbocycles. The van der Waals surface area contributed by atoms with Gasteiger partial charge in [0.2, 0.25) is 0 Å². The molecule has 0 spiro atoms. The van der Waals surface area contributed by atoms with Gasteiger partial charge in [0, 0.05) is 11.8 Å². The van der Waals surface area contributed by atoms with Crippen LogP contribution in [-0.2, 0) is 11.2 Å². The number of hydrogen-bond donors (Lipinski definition) is 0. The minimum atomic E-state index is 0.0439. The number of ketones is 1. The van der Waals surface area contributed by atoms with Crippen molar-refractivity contribution in [3.8, 4) is 0 Å². The third kappa shape index (κ3) is 1.74. The van der Waals surface area contributed by atoms with E-state index in [0.717, 1.165) is 12.8 Å². The summed E-state index contributed by atoms with van der Waals surface area (Å²) in [7, 11) is 0. The second-order valence-electron chi connectivity index (χ2n) is 4.28. The first-order valence-electron chi connectivity index (χ1n) is 5.46. The SMILES string of the molecule is C=CCC1C(=O)C(C)Cc2ccccc21. The molecule has 0 fully saturated rings. The van der Waals surface area contributed by atoms with Crippen LogP contribution in [-0.4, -0.2) is 5.78 Å². The molecule has 1 nitrogen and oxygen atoms in total. The number of carbonyl (C=O) groups is 1. The first-order valence-corrected chi connectivity index (χ1v) is 5.46. The number of Topliss-reactive ketones (excluding diaryl/α,β-unsaturated/α-hetero) is 1. The lowest BCUT2D eigenvalue weighted by molar-refractivity contribution is -0.124. The summed E-state index contributed by atoms with van der Waals surface area (Å²) >= 11 is 0. The fourth-order valence-corrected chi connectivity index (χ4v) is 2.40. The average molecular weight is 200 g/mol. The molecule has 0 saturated heterocycles. The zero-order valence-electron chi connectivity index (χ0n) is 9.07. The van der Waals surface area contributed by atoms with E-state index < -0.39 is 0 Å². The van der Waals surface area contributed by atoms with Crippen molar-refractivity contribution in [3.05, 3.63) is 48.0 Å². The molecule has 2 rings (SSSR count). The minimum Gasteiger partial charge on any atom is -0.299 e. The molecule has 15 heavy (non-hydrogen) atoms. The highest BCUT2D eigenvalue weighted by atomic mass is 16.1. The van der Waals surface area contributed by atoms with E-state index in [2.05, 4.69) is 18.7 Å². The molecule has 78 valence electrons. The van der Waals surface area contributed by atoms with Crippen LogP contribution >= 0.6 is 0 Å². The van der Waals surface area contributed by atoms with E-state index in [1.807, 2.05) is 25.1 Å². The van der Waals surface area contributed by atoms with Crippen molar-refractivity contribution in [2.75, 3.05) is 0 Å². The Morgan fingerprint density at radius 3 is 2.93 bits per heavy atom. The van der Waals surface area contributed by atoms with Crippen molar-refractivity contribution in [1.29, 1.82) is 0 Å². The van der Waals surface area contributed by atoms with E-state index in [4.69, 9.17) is 0 Å². The van der Waals surface area contributed by atoms with Gasteiger partial charge in [0.25, 0.3) is 0 Å². The predicted molar refractivity (Wildman–Crippen MR) is 61.9 cm³/mol. The third-order valence-electron chi connectivity index (χ3n) is 3.19. The van der Waals surface area contributed by atoms with Gasteiger partial charge >= 0.3 is 0 Å².